The molecule has 1 aromatic carbocycles. The molecule has 2 aromatic heterocycles. The molecule has 72 valence electrons. The largest absolute Gasteiger partial charge is 0.321 e. The van der Waals surface area contributed by atoms with Crippen LogP contribution in [0.15, 0.2) is 47.4 Å². The molecule has 2 heterocycles. The zero-order valence-electron chi connectivity index (χ0n) is 7.90. The quantitative estimate of drug-likeness (QED) is 0.598. The van der Waals surface area contributed by atoms with E-state index < -0.39 is 0 Å². The van der Waals surface area contributed by atoms with Gasteiger partial charge in [-0.15, -0.1) is 0 Å². The van der Waals surface area contributed by atoms with Crippen molar-refractivity contribution in [3.8, 4) is 0 Å². The summed E-state index contributed by atoms with van der Waals surface area (Å²) >= 11 is 0. The second-order valence-corrected chi connectivity index (χ2v) is 3.42. The molecule has 0 aliphatic heterocycles. The van der Waals surface area contributed by atoms with Crippen LogP contribution < -0.4 is 5.56 Å². The highest BCUT2D eigenvalue weighted by atomic mass is 16.1. The third-order valence-corrected chi connectivity index (χ3v) is 2.48. The minimum absolute atomic E-state index is 0.0984. The molecule has 0 atom stereocenters. The van der Waals surface area contributed by atoms with Crippen LogP contribution in [0.3, 0.4) is 0 Å². The fourth-order valence-electron chi connectivity index (χ4n) is 1.78. The molecule has 3 aromatic rings. The van der Waals surface area contributed by atoms with Crippen LogP contribution in [-0.2, 0) is 0 Å². The van der Waals surface area contributed by atoms with Crippen molar-refractivity contribution in [2.24, 2.45) is 0 Å². The van der Waals surface area contributed by atoms with Crippen molar-refractivity contribution in [1.82, 2.24) is 9.97 Å². The molecule has 0 fully saturated rings. The van der Waals surface area contributed by atoms with E-state index >= 15 is 0 Å². The van der Waals surface area contributed by atoms with Gasteiger partial charge < -0.3 is 4.98 Å². The number of nitrogens with one attached hydrogen (secondary N) is 1. The Kier molecular flexibility index (Phi) is 1.59. The SMILES string of the molecule is O=c1cccc2ccc3nccc3c2[nH]1. The monoisotopic (exact) mass is 196 g/mol. The summed E-state index contributed by atoms with van der Waals surface area (Å²) in [5.41, 5.74) is 1.66. The standard InChI is InChI=1S/C12H8N2O/c15-11-3-1-2-8-4-5-10-9(6-7-13-10)12(8)14-11/h1-7H,(H,14,15). The molecule has 0 aliphatic carbocycles. The van der Waals surface area contributed by atoms with Crippen molar-refractivity contribution in [2.45, 2.75) is 0 Å². The first-order valence-corrected chi connectivity index (χ1v) is 4.71. The normalized spacial score (nSPS) is 10.9. The van der Waals surface area contributed by atoms with Gasteiger partial charge in [0.1, 0.15) is 0 Å². The van der Waals surface area contributed by atoms with Crippen molar-refractivity contribution in [2.75, 3.05) is 0 Å². The van der Waals surface area contributed by atoms with Crippen LogP contribution in [0, 0.1) is 0 Å². The summed E-state index contributed by atoms with van der Waals surface area (Å²) in [5, 5.41) is 2.00. The minimum Gasteiger partial charge on any atom is -0.321 e. The highest BCUT2D eigenvalue weighted by molar-refractivity contribution is 6.03. The molecule has 15 heavy (non-hydrogen) atoms. The van der Waals surface area contributed by atoms with Gasteiger partial charge in [-0.3, -0.25) is 9.78 Å². The second-order valence-electron chi connectivity index (χ2n) is 3.42. The van der Waals surface area contributed by atoms with E-state index in [2.05, 4.69) is 9.97 Å². The molecular weight excluding hydrogens is 188 g/mol. The van der Waals surface area contributed by atoms with Gasteiger partial charge in [0.15, 0.2) is 0 Å². The van der Waals surface area contributed by atoms with E-state index in [0.717, 1.165) is 21.8 Å². The van der Waals surface area contributed by atoms with Gasteiger partial charge >= 0.3 is 0 Å². The predicted molar refractivity (Wildman–Crippen MR) is 59.9 cm³/mol. The zero-order valence-corrected chi connectivity index (χ0v) is 7.90. The Morgan fingerprint density at radius 2 is 2.00 bits per heavy atom. The number of hydrogen-bond acceptors (Lipinski definition) is 2. The maximum absolute atomic E-state index is 11.4. The molecule has 0 saturated heterocycles. The van der Waals surface area contributed by atoms with Crippen molar-refractivity contribution in [1.29, 1.82) is 0 Å². The molecule has 0 bridgehead atoms. The van der Waals surface area contributed by atoms with E-state index in [1.807, 2.05) is 24.3 Å². The first-order chi connectivity index (χ1) is 7.34. The topological polar surface area (TPSA) is 45.8 Å². The summed E-state index contributed by atoms with van der Waals surface area (Å²) < 4.78 is 0. The minimum atomic E-state index is -0.0984. The lowest BCUT2D eigenvalue weighted by Gasteiger charge is -1.93. The number of H-pyrrole nitrogens is 1. The fraction of sp³-hybridized carbons (Fsp3) is 0. The molecule has 3 nitrogen and oxygen atoms in total. The molecule has 0 spiro atoms. The lowest BCUT2D eigenvalue weighted by Crippen LogP contribution is -1.98. The molecule has 0 radical (unpaired) electrons. The molecule has 3 heteroatoms. The van der Waals surface area contributed by atoms with Crippen molar-refractivity contribution in [3.63, 3.8) is 0 Å². The third kappa shape index (κ3) is 1.21. The number of aromatic amines is 1. The van der Waals surface area contributed by atoms with Gasteiger partial charge in [-0.25, -0.2) is 0 Å². The highest BCUT2D eigenvalue weighted by Crippen LogP contribution is 2.20. The first-order valence-electron chi connectivity index (χ1n) is 4.71. The molecule has 0 saturated carbocycles. The summed E-state index contributed by atoms with van der Waals surface area (Å²) in [4.78, 5) is 18.4. The van der Waals surface area contributed by atoms with Crippen LogP contribution in [-0.4, -0.2) is 9.97 Å². The van der Waals surface area contributed by atoms with Gasteiger partial charge in [-0.1, -0.05) is 18.2 Å². The van der Waals surface area contributed by atoms with E-state index in [0.29, 0.717) is 0 Å². The maximum Gasteiger partial charge on any atom is 0.248 e. The van der Waals surface area contributed by atoms with Crippen LogP contribution in [0.2, 0.25) is 0 Å². The van der Waals surface area contributed by atoms with Gasteiger partial charge in [0, 0.05) is 17.6 Å². The second kappa shape index (κ2) is 2.92. The van der Waals surface area contributed by atoms with E-state index in [1.165, 1.54) is 6.07 Å². The van der Waals surface area contributed by atoms with E-state index in [9.17, 15) is 4.79 Å². The first kappa shape index (κ1) is 8.17. The molecule has 3 rings (SSSR count). The number of fused-ring (bicyclic) bond motifs is 3. The lowest BCUT2D eigenvalue weighted by molar-refractivity contribution is 1.34. The summed E-state index contributed by atoms with van der Waals surface area (Å²) in [6.07, 6.45) is 1.75. The van der Waals surface area contributed by atoms with E-state index in [-0.39, 0.29) is 5.56 Å². The molecular formula is C12H8N2O. The van der Waals surface area contributed by atoms with Gasteiger partial charge in [0.2, 0.25) is 5.56 Å². The van der Waals surface area contributed by atoms with E-state index in [4.69, 9.17) is 0 Å². The highest BCUT2D eigenvalue weighted by Gasteiger charge is 2.00. The average Bonchev–Trinajstić information content (AvgIpc) is 2.61. The van der Waals surface area contributed by atoms with Gasteiger partial charge in [-0.05, 0) is 17.5 Å². The van der Waals surface area contributed by atoms with Crippen molar-refractivity contribution < 1.29 is 0 Å². The summed E-state index contributed by atoms with van der Waals surface area (Å²) in [7, 11) is 0. The van der Waals surface area contributed by atoms with Crippen molar-refractivity contribution >= 4 is 21.8 Å². The summed E-state index contributed by atoms with van der Waals surface area (Å²) in [6, 6.07) is 11.0. The Morgan fingerprint density at radius 3 is 2.93 bits per heavy atom. The Bertz CT molecular complexity index is 700. The fourth-order valence-corrected chi connectivity index (χ4v) is 1.78. The summed E-state index contributed by atoms with van der Waals surface area (Å²) in [6.45, 7) is 0. The maximum atomic E-state index is 11.4. The number of hydrogen-bond donors (Lipinski definition) is 1. The van der Waals surface area contributed by atoms with Crippen LogP contribution in [0.4, 0.5) is 0 Å². The Balaban J connectivity index is 2.68. The van der Waals surface area contributed by atoms with Crippen LogP contribution >= 0.6 is 0 Å². The van der Waals surface area contributed by atoms with Crippen LogP contribution in [0.25, 0.3) is 21.8 Å². The summed E-state index contributed by atoms with van der Waals surface area (Å²) in [5.74, 6) is 0. The Labute approximate surface area is 85.4 Å². The number of nitrogens with zero attached hydrogens (tertiary/aromatic N) is 1. The molecule has 1 N–H and O–H groups in total. The Hall–Kier alpha value is -2.16. The van der Waals surface area contributed by atoms with Gasteiger partial charge in [0.05, 0.1) is 11.0 Å². The molecule has 0 unspecified atom stereocenters. The lowest BCUT2D eigenvalue weighted by atomic mass is 10.2. The molecule has 0 amide bonds. The Morgan fingerprint density at radius 1 is 1.07 bits per heavy atom. The predicted octanol–water partition coefficient (Wildman–Crippen LogP) is 2.08. The number of rotatable bonds is 0. The third-order valence-electron chi connectivity index (χ3n) is 2.48. The van der Waals surface area contributed by atoms with E-state index in [1.54, 1.807) is 12.3 Å². The van der Waals surface area contributed by atoms with Crippen LogP contribution in [0.1, 0.15) is 0 Å². The van der Waals surface area contributed by atoms with Gasteiger partial charge in [-0.2, -0.15) is 0 Å². The van der Waals surface area contributed by atoms with Crippen LogP contribution in [0.5, 0.6) is 0 Å². The smallest absolute Gasteiger partial charge is 0.248 e. The van der Waals surface area contributed by atoms with Crippen molar-refractivity contribution in [3.05, 3.63) is 52.9 Å². The number of benzene rings is 1. The zero-order chi connectivity index (χ0) is 10.3. The number of aromatic nitrogens is 2. The van der Waals surface area contributed by atoms with Gasteiger partial charge in [0.25, 0.3) is 0 Å². The molecule has 0 aliphatic rings. The average molecular weight is 196 g/mol.